The number of para-hydroxylation sites is 1. The third kappa shape index (κ3) is 3.94. The Hall–Kier alpha value is -2.66. The molecule has 3 aromatic rings. The molecule has 0 aliphatic carbocycles. The maximum Gasteiger partial charge on any atom is 0.235 e. The van der Waals surface area contributed by atoms with Gasteiger partial charge in [0, 0.05) is 11.3 Å². The lowest BCUT2D eigenvalue weighted by atomic mass is 10.0. The van der Waals surface area contributed by atoms with E-state index in [9.17, 15) is 9.90 Å². The Bertz CT molecular complexity index is 900. The third-order valence-electron chi connectivity index (χ3n) is 4.08. The number of phenolic OH excluding ortho intramolecular Hbond substituents is 1. The van der Waals surface area contributed by atoms with E-state index < -0.39 is 0 Å². The van der Waals surface area contributed by atoms with Crippen LogP contribution in [-0.4, -0.2) is 16.0 Å². The Morgan fingerprint density at radius 1 is 1.15 bits per heavy atom. The number of carbonyl (C=O) groups excluding carboxylic acids is 1. The summed E-state index contributed by atoms with van der Waals surface area (Å²) in [5.74, 6) is 0.135. The number of hydrogen-bond donors (Lipinski definition) is 1. The first-order chi connectivity index (χ1) is 12.5. The van der Waals surface area contributed by atoms with E-state index in [-0.39, 0.29) is 17.6 Å². The summed E-state index contributed by atoms with van der Waals surface area (Å²) in [6.45, 7) is 5.73. The fourth-order valence-corrected chi connectivity index (χ4v) is 3.55. The number of aromatic nitrogens is 1. The van der Waals surface area contributed by atoms with Crippen LogP contribution in [0, 0.1) is 12.8 Å². The number of benzene rings is 2. The molecular weight excluding hydrogens is 344 g/mol. The summed E-state index contributed by atoms with van der Waals surface area (Å²) in [5.41, 5.74) is 3.87. The lowest BCUT2D eigenvalue weighted by Crippen LogP contribution is -2.30. The molecule has 0 saturated heterocycles. The SMILES string of the molecule is Cc1csc(N(C(=O)C(C)C)c2ccccc2Cc2ccc(O)cc2)n1. The zero-order chi connectivity index (χ0) is 18.7. The fourth-order valence-electron chi connectivity index (χ4n) is 2.73. The Morgan fingerprint density at radius 2 is 1.85 bits per heavy atom. The smallest absolute Gasteiger partial charge is 0.235 e. The number of aryl methyl sites for hydroxylation is 1. The molecular formula is C21H22N2O2S. The lowest BCUT2D eigenvalue weighted by molar-refractivity contribution is -0.120. The predicted molar refractivity (Wildman–Crippen MR) is 106 cm³/mol. The summed E-state index contributed by atoms with van der Waals surface area (Å²) in [5, 5.41) is 12.1. The number of aromatic hydroxyl groups is 1. The molecule has 0 aliphatic rings. The second-order valence-electron chi connectivity index (χ2n) is 6.57. The summed E-state index contributed by atoms with van der Waals surface area (Å²) in [4.78, 5) is 19.2. The van der Waals surface area contributed by atoms with Gasteiger partial charge in [0.15, 0.2) is 5.13 Å². The monoisotopic (exact) mass is 366 g/mol. The third-order valence-corrected chi connectivity index (χ3v) is 5.02. The number of nitrogens with zero attached hydrogens (tertiary/aromatic N) is 2. The lowest BCUT2D eigenvalue weighted by Gasteiger charge is -2.24. The normalized spacial score (nSPS) is 10.9. The molecule has 4 nitrogen and oxygen atoms in total. The van der Waals surface area contributed by atoms with Crippen molar-refractivity contribution in [2.75, 3.05) is 4.90 Å². The van der Waals surface area contributed by atoms with Gasteiger partial charge in [-0.3, -0.25) is 9.69 Å². The molecule has 0 bridgehead atoms. The van der Waals surface area contributed by atoms with E-state index in [0.29, 0.717) is 11.6 Å². The average molecular weight is 366 g/mol. The van der Waals surface area contributed by atoms with Crippen LogP contribution >= 0.6 is 11.3 Å². The molecule has 2 aromatic carbocycles. The number of hydrogen-bond acceptors (Lipinski definition) is 4. The van der Waals surface area contributed by atoms with Crippen molar-refractivity contribution in [2.24, 2.45) is 5.92 Å². The standard InChI is InChI=1S/C21H22N2O2S/c1-14(2)20(25)23(21-22-15(3)13-26-21)19-7-5-4-6-17(19)12-16-8-10-18(24)11-9-16/h4-11,13-14,24H,12H2,1-3H3. The van der Waals surface area contributed by atoms with Crippen LogP contribution in [0.5, 0.6) is 5.75 Å². The van der Waals surface area contributed by atoms with Crippen LogP contribution in [0.2, 0.25) is 0 Å². The number of phenols is 1. The van der Waals surface area contributed by atoms with Gasteiger partial charge in [-0.1, -0.05) is 44.2 Å². The van der Waals surface area contributed by atoms with Crippen molar-refractivity contribution in [1.29, 1.82) is 0 Å². The molecule has 0 saturated carbocycles. The van der Waals surface area contributed by atoms with Crippen molar-refractivity contribution in [3.8, 4) is 5.75 Å². The van der Waals surface area contributed by atoms with Crippen molar-refractivity contribution in [3.63, 3.8) is 0 Å². The molecule has 3 rings (SSSR count). The van der Waals surface area contributed by atoms with Gasteiger partial charge >= 0.3 is 0 Å². The van der Waals surface area contributed by atoms with Gasteiger partial charge in [-0.15, -0.1) is 11.3 Å². The van der Waals surface area contributed by atoms with Crippen LogP contribution in [0.25, 0.3) is 0 Å². The maximum atomic E-state index is 13.0. The Labute approximate surface area is 157 Å². The molecule has 26 heavy (non-hydrogen) atoms. The number of thiazole rings is 1. The highest BCUT2D eigenvalue weighted by molar-refractivity contribution is 7.14. The average Bonchev–Trinajstić information content (AvgIpc) is 3.04. The Kier molecular flexibility index (Phi) is 5.38. The quantitative estimate of drug-likeness (QED) is 0.686. The first-order valence-corrected chi connectivity index (χ1v) is 9.45. The van der Waals surface area contributed by atoms with Crippen LogP contribution in [0.3, 0.4) is 0 Å². The van der Waals surface area contributed by atoms with E-state index in [2.05, 4.69) is 4.98 Å². The minimum absolute atomic E-state index is 0.0255. The van der Waals surface area contributed by atoms with Crippen molar-refractivity contribution in [2.45, 2.75) is 27.2 Å². The van der Waals surface area contributed by atoms with E-state index in [1.807, 2.05) is 62.5 Å². The summed E-state index contributed by atoms with van der Waals surface area (Å²) in [6, 6.07) is 15.1. The zero-order valence-corrected chi connectivity index (χ0v) is 16.0. The van der Waals surface area contributed by atoms with Gasteiger partial charge in [0.1, 0.15) is 5.75 Å². The van der Waals surface area contributed by atoms with Crippen LogP contribution in [0.4, 0.5) is 10.8 Å². The summed E-state index contributed by atoms with van der Waals surface area (Å²) < 4.78 is 0. The summed E-state index contributed by atoms with van der Waals surface area (Å²) in [6.07, 6.45) is 0.669. The highest BCUT2D eigenvalue weighted by Crippen LogP contribution is 2.33. The first kappa shape index (κ1) is 18.1. The molecule has 134 valence electrons. The van der Waals surface area contributed by atoms with E-state index in [1.165, 1.54) is 11.3 Å². The molecule has 0 unspecified atom stereocenters. The van der Waals surface area contributed by atoms with Gasteiger partial charge in [0.25, 0.3) is 0 Å². The molecule has 1 heterocycles. The highest BCUT2D eigenvalue weighted by atomic mass is 32.1. The molecule has 1 amide bonds. The molecule has 5 heteroatoms. The van der Waals surface area contributed by atoms with Gasteiger partial charge in [0.05, 0.1) is 11.4 Å². The van der Waals surface area contributed by atoms with Gasteiger partial charge in [-0.25, -0.2) is 4.98 Å². The van der Waals surface area contributed by atoms with Crippen molar-refractivity contribution in [1.82, 2.24) is 4.98 Å². The van der Waals surface area contributed by atoms with Crippen molar-refractivity contribution in [3.05, 3.63) is 70.7 Å². The van der Waals surface area contributed by atoms with Crippen LogP contribution in [-0.2, 0) is 11.2 Å². The molecule has 1 aromatic heterocycles. The molecule has 0 radical (unpaired) electrons. The zero-order valence-electron chi connectivity index (χ0n) is 15.1. The predicted octanol–water partition coefficient (Wildman–Crippen LogP) is 5.07. The minimum atomic E-state index is -0.138. The number of rotatable bonds is 5. The van der Waals surface area contributed by atoms with Gasteiger partial charge in [0.2, 0.25) is 5.91 Å². The van der Waals surface area contributed by atoms with Gasteiger partial charge in [-0.2, -0.15) is 0 Å². The largest absolute Gasteiger partial charge is 0.508 e. The second-order valence-corrected chi connectivity index (χ2v) is 7.41. The molecule has 1 N–H and O–H groups in total. The summed E-state index contributed by atoms with van der Waals surface area (Å²) >= 11 is 1.48. The molecule has 0 aliphatic heterocycles. The highest BCUT2D eigenvalue weighted by Gasteiger charge is 2.25. The van der Waals surface area contributed by atoms with E-state index in [1.54, 1.807) is 17.0 Å². The number of carbonyl (C=O) groups is 1. The topological polar surface area (TPSA) is 53.4 Å². The molecule has 0 fully saturated rings. The summed E-state index contributed by atoms with van der Waals surface area (Å²) in [7, 11) is 0. The maximum absolute atomic E-state index is 13.0. The first-order valence-electron chi connectivity index (χ1n) is 8.57. The molecule has 0 spiro atoms. The van der Waals surface area contributed by atoms with Crippen LogP contribution in [0.1, 0.15) is 30.7 Å². The number of anilines is 2. The van der Waals surface area contributed by atoms with E-state index >= 15 is 0 Å². The van der Waals surface area contributed by atoms with E-state index in [0.717, 1.165) is 22.5 Å². The van der Waals surface area contributed by atoms with Crippen LogP contribution < -0.4 is 4.90 Å². The van der Waals surface area contributed by atoms with Gasteiger partial charge < -0.3 is 5.11 Å². The fraction of sp³-hybridized carbons (Fsp3) is 0.238. The Balaban J connectivity index is 2.04. The van der Waals surface area contributed by atoms with Crippen molar-refractivity contribution < 1.29 is 9.90 Å². The minimum Gasteiger partial charge on any atom is -0.508 e. The second kappa shape index (κ2) is 7.70. The van der Waals surface area contributed by atoms with Gasteiger partial charge in [-0.05, 0) is 42.7 Å². The number of amides is 1. The molecule has 0 atom stereocenters. The van der Waals surface area contributed by atoms with Crippen LogP contribution in [0.15, 0.2) is 53.9 Å². The Morgan fingerprint density at radius 3 is 2.46 bits per heavy atom. The van der Waals surface area contributed by atoms with E-state index in [4.69, 9.17) is 0 Å². The van der Waals surface area contributed by atoms with Crippen molar-refractivity contribution >= 4 is 28.1 Å².